The Morgan fingerprint density at radius 1 is 1.24 bits per heavy atom. The summed E-state index contributed by atoms with van der Waals surface area (Å²) in [6, 6.07) is 12.9. The average Bonchev–Trinajstić information content (AvgIpc) is 2.29. The lowest BCUT2D eigenvalue weighted by Crippen LogP contribution is -2.05. The van der Waals surface area contributed by atoms with Crippen molar-refractivity contribution in [2.24, 2.45) is 0 Å². The molecular weight excluding hydrogens is 234 g/mol. The third-order valence-corrected chi connectivity index (χ3v) is 2.67. The average molecular weight is 246 g/mol. The number of pyridine rings is 1. The summed E-state index contributed by atoms with van der Waals surface area (Å²) < 4.78 is 0. The summed E-state index contributed by atoms with van der Waals surface area (Å²) in [5.74, 6) is 0.0588. The van der Waals surface area contributed by atoms with Crippen molar-refractivity contribution < 1.29 is 4.79 Å². The number of ketones is 1. The van der Waals surface area contributed by atoms with Crippen LogP contribution in [0.25, 0.3) is 0 Å². The van der Waals surface area contributed by atoms with Gasteiger partial charge in [0.15, 0.2) is 5.78 Å². The van der Waals surface area contributed by atoms with E-state index in [0.29, 0.717) is 16.4 Å². The molecule has 0 aliphatic rings. The normalized spacial score (nSPS) is 10.2. The third kappa shape index (κ3) is 3.14. The van der Waals surface area contributed by atoms with Crippen molar-refractivity contribution >= 4 is 17.4 Å². The van der Waals surface area contributed by atoms with Crippen LogP contribution in [-0.4, -0.2) is 10.8 Å². The van der Waals surface area contributed by atoms with E-state index >= 15 is 0 Å². The Bertz CT molecular complexity index is 551. The van der Waals surface area contributed by atoms with Crippen LogP contribution in [0, 0.1) is 6.92 Å². The predicted molar refractivity (Wildman–Crippen MR) is 68.5 cm³/mol. The van der Waals surface area contributed by atoms with E-state index in [4.69, 9.17) is 11.6 Å². The number of nitrogens with zero attached hydrogens (tertiary/aromatic N) is 1. The van der Waals surface area contributed by atoms with E-state index in [-0.39, 0.29) is 12.2 Å². The van der Waals surface area contributed by atoms with Crippen molar-refractivity contribution in [2.45, 2.75) is 13.3 Å². The summed E-state index contributed by atoms with van der Waals surface area (Å²) in [6.07, 6.45) is 0.282. The molecule has 0 atom stereocenters. The van der Waals surface area contributed by atoms with E-state index in [2.05, 4.69) is 4.98 Å². The van der Waals surface area contributed by atoms with Crippen molar-refractivity contribution in [3.8, 4) is 0 Å². The molecule has 0 aliphatic heterocycles. The minimum atomic E-state index is 0.0588. The largest absolute Gasteiger partial charge is 0.294 e. The molecule has 1 aromatic heterocycles. The van der Waals surface area contributed by atoms with Gasteiger partial charge in [0, 0.05) is 11.3 Å². The van der Waals surface area contributed by atoms with Crippen LogP contribution in [0.4, 0.5) is 0 Å². The van der Waals surface area contributed by atoms with Gasteiger partial charge in [-0.15, -0.1) is 0 Å². The monoisotopic (exact) mass is 245 g/mol. The third-order valence-electron chi connectivity index (χ3n) is 2.45. The number of carbonyl (C=O) groups is 1. The second-order valence-electron chi connectivity index (χ2n) is 3.92. The molecule has 0 saturated heterocycles. The number of hydrogen-bond donors (Lipinski definition) is 0. The van der Waals surface area contributed by atoms with Crippen LogP contribution in [0.1, 0.15) is 21.6 Å². The lowest BCUT2D eigenvalue weighted by molar-refractivity contribution is 0.0992. The first-order valence-electron chi connectivity index (χ1n) is 5.36. The maximum Gasteiger partial charge on any atom is 0.168 e. The van der Waals surface area contributed by atoms with E-state index in [1.54, 1.807) is 18.2 Å². The molecule has 0 N–H and O–H groups in total. The minimum Gasteiger partial charge on any atom is -0.294 e. The summed E-state index contributed by atoms with van der Waals surface area (Å²) in [5, 5.41) is 0.416. The molecule has 86 valence electrons. The Kier molecular flexibility index (Phi) is 3.55. The zero-order valence-electron chi connectivity index (χ0n) is 9.48. The highest BCUT2D eigenvalue weighted by Crippen LogP contribution is 2.10. The van der Waals surface area contributed by atoms with Crippen LogP contribution >= 0.6 is 11.6 Å². The van der Waals surface area contributed by atoms with Gasteiger partial charge < -0.3 is 0 Å². The molecule has 17 heavy (non-hydrogen) atoms. The highest BCUT2D eigenvalue weighted by atomic mass is 35.5. The first-order valence-corrected chi connectivity index (χ1v) is 5.74. The standard InChI is InChI=1S/C14H12ClNO/c1-10-4-2-5-11(8-10)13(17)9-12-6-3-7-14(15)16-12/h2-8H,9H2,1H3. The fraction of sp³-hybridized carbons (Fsp3) is 0.143. The number of aryl methyl sites for hydroxylation is 1. The smallest absolute Gasteiger partial charge is 0.168 e. The number of halogens is 1. The maximum absolute atomic E-state index is 12.0. The second-order valence-corrected chi connectivity index (χ2v) is 4.31. The lowest BCUT2D eigenvalue weighted by atomic mass is 10.0. The zero-order chi connectivity index (χ0) is 12.3. The highest BCUT2D eigenvalue weighted by Gasteiger charge is 2.08. The van der Waals surface area contributed by atoms with Crippen LogP contribution in [0.3, 0.4) is 0 Å². The molecule has 0 unspecified atom stereocenters. The van der Waals surface area contributed by atoms with E-state index in [1.165, 1.54) is 0 Å². The molecule has 0 bridgehead atoms. The van der Waals surface area contributed by atoms with Crippen molar-refractivity contribution in [1.29, 1.82) is 0 Å². The summed E-state index contributed by atoms with van der Waals surface area (Å²) >= 11 is 5.78. The van der Waals surface area contributed by atoms with Gasteiger partial charge in [-0.25, -0.2) is 4.98 Å². The Morgan fingerprint density at radius 2 is 2.00 bits per heavy atom. The SMILES string of the molecule is Cc1cccc(C(=O)Cc2cccc(Cl)n2)c1. The number of Topliss-reactive ketones (excluding diaryl/α,β-unsaturated/α-hetero) is 1. The fourth-order valence-corrected chi connectivity index (χ4v) is 1.82. The molecule has 2 nitrogen and oxygen atoms in total. The summed E-state index contributed by atoms with van der Waals surface area (Å²) in [4.78, 5) is 16.1. The number of hydrogen-bond acceptors (Lipinski definition) is 2. The van der Waals surface area contributed by atoms with Gasteiger partial charge in [0.2, 0.25) is 0 Å². The van der Waals surface area contributed by atoms with Crippen molar-refractivity contribution in [1.82, 2.24) is 4.98 Å². The van der Waals surface area contributed by atoms with Gasteiger partial charge in [-0.05, 0) is 25.1 Å². The first kappa shape index (κ1) is 11.8. The summed E-state index contributed by atoms with van der Waals surface area (Å²) in [6.45, 7) is 1.97. The van der Waals surface area contributed by atoms with Crippen LogP contribution < -0.4 is 0 Å². The van der Waals surface area contributed by atoms with Crippen molar-refractivity contribution in [2.75, 3.05) is 0 Å². The topological polar surface area (TPSA) is 30.0 Å². The summed E-state index contributed by atoms with van der Waals surface area (Å²) in [5.41, 5.74) is 2.49. The minimum absolute atomic E-state index is 0.0588. The molecule has 1 heterocycles. The number of rotatable bonds is 3. The second kappa shape index (κ2) is 5.11. The maximum atomic E-state index is 12.0. The van der Waals surface area contributed by atoms with Gasteiger partial charge in [-0.3, -0.25) is 4.79 Å². The molecule has 0 saturated carbocycles. The Balaban J connectivity index is 2.17. The molecule has 1 aromatic carbocycles. The van der Waals surface area contributed by atoms with Gasteiger partial charge in [0.05, 0.1) is 6.42 Å². The molecule has 0 amide bonds. The van der Waals surface area contributed by atoms with Crippen LogP contribution in [-0.2, 0) is 6.42 Å². The van der Waals surface area contributed by atoms with Crippen LogP contribution in [0.2, 0.25) is 5.15 Å². The van der Waals surface area contributed by atoms with Gasteiger partial charge in [-0.1, -0.05) is 41.4 Å². The molecule has 2 rings (SSSR count). The van der Waals surface area contributed by atoms with E-state index in [9.17, 15) is 4.79 Å². The molecule has 0 fully saturated rings. The molecule has 0 radical (unpaired) electrons. The van der Waals surface area contributed by atoms with E-state index in [1.807, 2.05) is 31.2 Å². The van der Waals surface area contributed by atoms with E-state index in [0.717, 1.165) is 5.56 Å². The molecule has 0 aliphatic carbocycles. The molecular formula is C14H12ClNO. The molecule has 2 aromatic rings. The fourth-order valence-electron chi connectivity index (χ4n) is 1.63. The van der Waals surface area contributed by atoms with Gasteiger partial charge in [-0.2, -0.15) is 0 Å². The Hall–Kier alpha value is -1.67. The van der Waals surface area contributed by atoms with Crippen LogP contribution in [0.5, 0.6) is 0 Å². The highest BCUT2D eigenvalue weighted by molar-refractivity contribution is 6.29. The van der Waals surface area contributed by atoms with Gasteiger partial charge in [0.1, 0.15) is 5.15 Å². The van der Waals surface area contributed by atoms with Crippen LogP contribution in [0.15, 0.2) is 42.5 Å². The molecule has 0 spiro atoms. The predicted octanol–water partition coefficient (Wildman–Crippen LogP) is 3.47. The Labute approximate surface area is 105 Å². The number of aromatic nitrogens is 1. The van der Waals surface area contributed by atoms with Crippen molar-refractivity contribution in [3.63, 3.8) is 0 Å². The zero-order valence-corrected chi connectivity index (χ0v) is 10.2. The molecule has 3 heteroatoms. The number of benzene rings is 1. The van der Waals surface area contributed by atoms with Gasteiger partial charge in [0.25, 0.3) is 0 Å². The lowest BCUT2D eigenvalue weighted by Gasteiger charge is -2.02. The quantitative estimate of drug-likeness (QED) is 0.612. The van der Waals surface area contributed by atoms with Gasteiger partial charge >= 0.3 is 0 Å². The Morgan fingerprint density at radius 3 is 2.71 bits per heavy atom. The first-order chi connectivity index (χ1) is 8.15. The summed E-state index contributed by atoms with van der Waals surface area (Å²) in [7, 11) is 0. The van der Waals surface area contributed by atoms with E-state index < -0.39 is 0 Å². The van der Waals surface area contributed by atoms with Crippen molar-refractivity contribution in [3.05, 3.63) is 64.4 Å². The number of carbonyl (C=O) groups excluding carboxylic acids is 1.